The van der Waals surface area contributed by atoms with Gasteiger partial charge < -0.3 is 0 Å². The highest BCUT2D eigenvalue weighted by molar-refractivity contribution is 5.08. The summed E-state index contributed by atoms with van der Waals surface area (Å²) in [5.41, 5.74) is 2.04. The first-order valence-electron chi connectivity index (χ1n) is 11.4. The van der Waals surface area contributed by atoms with E-state index in [0.717, 1.165) is 29.1 Å². The molecule has 0 saturated heterocycles. The Morgan fingerprint density at radius 2 is 1.58 bits per heavy atom. The maximum Gasteiger partial charge on any atom is -0.0240 e. The molecule has 0 spiro atoms. The molecule has 0 heterocycles. The van der Waals surface area contributed by atoms with Crippen molar-refractivity contribution in [3.8, 4) is 0 Å². The Bertz CT molecular complexity index is 463. The van der Waals surface area contributed by atoms with Gasteiger partial charge in [-0.1, -0.05) is 47.0 Å². The highest BCUT2D eigenvalue weighted by Crippen LogP contribution is 2.67. The summed E-state index contributed by atoms with van der Waals surface area (Å²) in [4.78, 5) is 0. The van der Waals surface area contributed by atoms with Gasteiger partial charge in [0.25, 0.3) is 0 Å². The fourth-order valence-corrected chi connectivity index (χ4v) is 8.49. The van der Waals surface area contributed by atoms with Gasteiger partial charge in [-0.25, -0.2) is 0 Å². The average Bonchev–Trinajstić information content (AvgIpc) is 2.75. The Labute approximate surface area is 151 Å². The van der Waals surface area contributed by atoms with E-state index in [-0.39, 0.29) is 0 Å². The van der Waals surface area contributed by atoms with Crippen LogP contribution in [0, 0.1) is 39.9 Å². The Morgan fingerprint density at radius 3 is 2.38 bits per heavy atom. The van der Waals surface area contributed by atoms with Crippen LogP contribution in [0.2, 0.25) is 0 Å². The Kier molecular flexibility index (Phi) is 4.37. The summed E-state index contributed by atoms with van der Waals surface area (Å²) >= 11 is 0. The summed E-state index contributed by atoms with van der Waals surface area (Å²) in [6, 6.07) is 0. The van der Waals surface area contributed by atoms with Gasteiger partial charge in [-0.05, 0) is 104 Å². The molecule has 0 nitrogen and oxygen atoms in total. The number of hydrogen-bond acceptors (Lipinski definition) is 0. The molecule has 0 radical (unpaired) electrons. The Balaban J connectivity index is 1.64. The van der Waals surface area contributed by atoms with Gasteiger partial charge in [0, 0.05) is 0 Å². The topological polar surface area (TPSA) is 0 Å². The zero-order valence-corrected chi connectivity index (χ0v) is 17.0. The van der Waals surface area contributed by atoms with Gasteiger partial charge in [-0.2, -0.15) is 0 Å². The molecular weight excluding hydrogens is 288 g/mol. The van der Waals surface area contributed by atoms with Crippen LogP contribution in [0.3, 0.4) is 0 Å². The van der Waals surface area contributed by atoms with Gasteiger partial charge in [0.05, 0.1) is 0 Å². The molecule has 0 heteroatoms. The smallest absolute Gasteiger partial charge is 0.0240 e. The first-order chi connectivity index (χ1) is 11.4. The maximum absolute atomic E-state index is 2.69. The van der Waals surface area contributed by atoms with Crippen molar-refractivity contribution in [1.82, 2.24) is 0 Å². The minimum absolute atomic E-state index is 0.613. The lowest BCUT2D eigenvalue weighted by molar-refractivity contribution is -0.140. The van der Waals surface area contributed by atoms with E-state index < -0.39 is 0 Å². The standard InChI is InChI=1S/C24H42/c1-5-24-16-15-22(2,3)17-18(24)10-11-19-20-9-7-6-8-13-23(20,4)14-12-21(19)24/h18-21H,5-17H2,1-4H3. The third-order valence-electron chi connectivity index (χ3n) is 9.84. The molecule has 0 aliphatic heterocycles. The molecular formula is C24H42. The van der Waals surface area contributed by atoms with E-state index in [1.807, 2.05) is 0 Å². The molecule has 4 aliphatic carbocycles. The van der Waals surface area contributed by atoms with Crippen LogP contribution >= 0.6 is 0 Å². The molecule has 6 unspecified atom stereocenters. The molecule has 24 heavy (non-hydrogen) atoms. The molecule has 0 aromatic carbocycles. The van der Waals surface area contributed by atoms with E-state index in [4.69, 9.17) is 0 Å². The predicted molar refractivity (Wildman–Crippen MR) is 104 cm³/mol. The second-order valence-corrected chi connectivity index (χ2v) is 11.4. The van der Waals surface area contributed by atoms with Gasteiger partial charge in [-0.15, -0.1) is 0 Å². The van der Waals surface area contributed by atoms with Crippen LogP contribution in [0.25, 0.3) is 0 Å². The lowest BCUT2D eigenvalue weighted by Gasteiger charge is -2.63. The SMILES string of the molecule is CCC12CCC(C)(C)CC1CCC1C3CCCCCC3(C)CCC12. The van der Waals surface area contributed by atoms with Crippen LogP contribution in [-0.4, -0.2) is 0 Å². The second-order valence-electron chi connectivity index (χ2n) is 11.4. The van der Waals surface area contributed by atoms with Crippen LogP contribution < -0.4 is 0 Å². The lowest BCUT2D eigenvalue weighted by Crippen LogP contribution is -2.55. The Morgan fingerprint density at radius 1 is 0.750 bits per heavy atom. The van der Waals surface area contributed by atoms with Crippen molar-refractivity contribution in [3.63, 3.8) is 0 Å². The monoisotopic (exact) mass is 330 g/mol. The normalized spacial score (nSPS) is 51.0. The minimum atomic E-state index is 0.613. The summed E-state index contributed by atoms with van der Waals surface area (Å²) < 4.78 is 0. The summed E-state index contributed by atoms with van der Waals surface area (Å²) in [5.74, 6) is 4.27. The van der Waals surface area contributed by atoms with Crippen molar-refractivity contribution in [2.24, 2.45) is 39.9 Å². The lowest BCUT2D eigenvalue weighted by atomic mass is 9.41. The molecule has 4 saturated carbocycles. The van der Waals surface area contributed by atoms with Gasteiger partial charge in [0.2, 0.25) is 0 Å². The van der Waals surface area contributed by atoms with E-state index in [2.05, 4.69) is 27.7 Å². The van der Waals surface area contributed by atoms with E-state index in [1.54, 1.807) is 38.5 Å². The quantitative estimate of drug-likeness (QED) is 0.464. The van der Waals surface area contributed by atoms with Crippen molar-refractivity contribution in [2.75, 3.05) is 0 Å². The van der Waals surface area contributed by atoms with Crippen molar-refractivity contribution in [2.45, 2.75) is 111 Å². The number of hydrogen-bond donors (Lipinski definition) is 0. The summed E-state index contributed by atoms with van der Waals surface area (Å²) in [6.45, 7) is 10.3. The maximum atomic E-state index is 2.69. The molecule has 6 atom stereocenters. The van der Waals surface area contributed by atoms with Crippen LogP contribution in [0.4, 0.5) is 0 Å². The zero-order valence-electron chi connectivity index (χ0n) is 17.0. The van der Waals surface area contributed by atoms with Crippen molar-refractivity contribution < 1.29 is 0 Å². The molecule has 138 valence electrons. The number of fused-ring (bicyclic) bond motifs is 5. The second kappa shape index (κ2) is 6.02. The largest absolute Gasteiger partial charge is 0.0648 e. The highest BCUT2D eigenvalue weighted by Gasteiger charge is 2.58. The van der Waals surface area contributed by atoms with Gasteiger partial charge in [0.15, 0.2) is 0 Å². The highest BCUT2D eigenvalue weighted by atomic mass is 14.6. The molecule has 0 aromatic rings. The van der Waals surface area contributed by atoms with Gasteiger partial charge >= 0.3 is 0 Å². The van der Waals surface area contributed by atoms with Crippen LogP contribution in [0.5, 0.6) is 0 Å². The summed E-state index contributed by atoms with van der Waals surface area (Å²) in [7, 11) is 0. The van der Waals surface area contributed by atoms with Gasteiger partial charge in [0.1, 0.15) is 0 Å². The van der Waals surface area contributed by atoms with Gasteiger partial charge in [-0.3, -0.25) is 0 Å². The Hall–Kier alpha value is 0. The van der Waals surface area contributed by atoms with Crippen LogP contribution in [0.15, 0.2) is 0 Å². The minimum Gasteiger partial charge on any atom is -0.0648 e. The molecule has 4 aliphatic rings. The third-order valence-corrected chi connectivity index (χ3v) is 9.84. The fraction of sp³-hybridized carbons (Fsp3) is 1.00. The van der Waals surface area contributed by atoms with E-state index >= 15 is 0 Å². The first-order valence-corrected chi connectivity index (χ1v) is 11.4. The fourth-order valence-electron chi connectivity index (χ4n) is 8.49. The van der Waals surface area contributed by atoms with Crippen LogP contribution in [-0.2, 0) is 0 Å². The zero-order chi connectivity index (χ0) is 17.0. The van der Waals surface area contributed by atoms with Crippen LogP contribution in [0.1, 0.15) is 111 Å². The van der Waals surface area contributed by atoms with E-state index in [0.29, 0.717) is 10.8 Å². The molecule has 0 aromatic heterocycles. The third kappa shape index (κ3) is 2.61. The predicted octanol–water partition coefficient (Wildman–Crippen LogP) is 7.62. The van der Waals surface area contributed by atoms with Crippen molar-refractivity contribution >= 4 is 0 Å². The molecule has 0 amide bonds. The first kappa shape index (κ1) is 17.4. The molecule has 0 N–H and O–H groups in total. The molecule has 4 rings (SSSR count). The number of rotatable bonds is 1. The van der Waals surface area contributed by atoms with E-state index in [9.17, 15) is 0 Å². The van der Waals surface area contributed by atoms with Crippen molar-refractivity contribution in [1.29, 1.82) is 0 Å². The molecule has 0 bridgehead atoms. The summed E-state index contributed by atoms with van der Waals surface area (Å²) in [5, 5.41) is 0. The summed E-state index contributed by atoms with van der Waals surface area (Å²) in [6.07, 6.45) is 19.9. The average molecular weight is 331 g/mol. The molecule has 4 fully saturated rings. The van der Waals surface area contributed by atoms with E-state index in [1.165, 1.54) is 44.9 Å². The van der Waals surface area contributed by atoms with Crippen molar-refractivity contribution in [3.05, 3.63) is 0 Å².